The maximum atomic E-state index is 12.4. The Morgan fingerprint density at radius 2 is 2.25 bits per heavy atom. The van der Waals surface area contributed by atoms with Crippen molar-refractivity contribution in [3.05, 3.63) is 22.2 Å². The topological polar surface area (TPSA) is 64.6 Å². The first kappa shape index (κ1) is 15.8. The zero-order valence-electron chi connectivity index (χ0n) is 11.5. The summed E-state index contributed by atoms with van der Waals surface area (Å²) in [5.74, 6) is 0.338. The fourth-order valence-corrected chi connectivity index (χ4v) is 3.83. The third-order valence-corrected chi connectivity index (χ3v) is 5.56. The van der Waals surface area contributed by atoms with Gasteiger partial charge in [0, 0.05) is 17.6 Å². The van der Waals surface area contributed by atoms with Crippen molar-refractivity contribution in [2.75, 3.05) is 20.3 Å². The molecular formula is C13H18BrNO4S. The lowest BCUT2D eigenvalue weighted by Crippen LogP contribution is -2.32. The molecule has 0 amide bonds. The first-order valence-corrected chi connectivity index (χ1v) is 8.67. The SMILES string of the molecule is COc1cc(C)c(Br)cc1S(=O)(=O)NC[C@@H]1CCCO1. The van der Waals surface area contributed by atoms with Crippen molar-refractivity contribution in [2.24, 2.45) is 0 Å². The van der Waals surface area contributed by atoms with Crippen molar-refractivity contribution in [1.82, 2.24) is 4.72 Å². The molecule has 7 heteroatoms. The van der Waals surface area contributed by atoms with Gasteiger partial charge in [0.1, 0.15) is 10.6 Å². The first-order chi connectivity index (χ1) is 9.44. The number of aryl methyl sites for hydroxylation is 1. The van der Waals surface area contributed by atoms with Crippen molar-refractivity contribution in [1.29, 1.82) is 0 Å². The molecule has 1 aromatic rings. The molecular weight excluding hydrogens is 346 g/mol. The zero-order valence-corrected chi connectivity index (χ0v) is 13.9. The molecule has 0 spiro atoms. The summed E-state index contributed by atoms with van der Waals surface area (Å²) >= 11 is 3.35. The van der Waals surface area contributed by atoms with Crippen LogP contribution in [0.2, 0.25) is 0 Å². The minimum absolute atomic E-state index is 0.0374. The smallest absolute Gasteiger partial charge is 0.244 e. The second kappa shape index (κ2) is 6.43. The maximum Gasteiger partial charge on any atom is 0.244 e. The highest BCUT2D eigenvalue weighted by molar-refractivity contribution is 9.10. The molecule has 1 N–H and O–H groups in total. The summed E-state index contributed by atoms with van der Waals surface area (Å²) in [6, 6.07) is 3.26. The van der Waals surface area contributed by atoms with Gasteiger partial charge in [-0.1, -0.05) is 15.9 Å². The Balaban J connectivity index is 2.21. The van der Waals surface area contributed by atoms with Gasteiger partial charge in [0.2, 0.25) is 10.0 Å². The number of ether oxygens (including phenoxy) is 2. The second-order valence-corrected chi connectivity index (χ2v) is 7.33. The molecule has 0 aliphatic carbocycles. The lowest BCUT2D eigenvalue weighted by atomic mass is 10.2. The first-order valence-electron chi connectivity index (χ1n) is 6.39. The molecule has 0 saturated carbocycles. The van der Waals surface area contributed by atoms with Crippen LogP contribution in [-0.2, 0) is 14.8 Å². The van der Waals surface area contributed by atoms with Crippen molar-refractivity contribution in [2.45, 2.75) is 30.8 Å². The van der Waals surface area contributed by atoms with E-state index in [0.717, 1.165) is 22.9 Å². The highest BCUT2D eigenvalue weighted by atomic mass is 79.9. The Morgan fingerprint density at radius 1 is 1.50 bits per heavy atom. The van der Waals surface area contributed by atoms with Crippen molar-refractivity contribution < 1.29 is 17.9 Å². The lowest BCUT2D eigenvalue weighted by molar-refractivity contribution is 0.114. The maximum absolute atomic E-state index is 12.4. The molecule has 1 aliphatic rings. The van der Waals surface area contributed by atoms with Crippen LogP contribution in [0, 0.1) is 6.92 Å². The monoisotopic (exact) mass is 363 g/mol. The highest BCUT2D eigenvalue weighted by Gasteiger charge is 2.23. The van der Waals surface area contributed by atoms with Crippen LogP contribution in [-0.4, -0.2) is 34.8 Å². The van der Waals surface area contributed by atoms with Crippen LogP contribution >= 0.6 is 15.9 Å². The fourth-order valence-electron chi connectivity index (χ4n) is 2.09. The molecule has 1 aromatic carbocycles. The van der Waals surface area contributed by atoms with E-state index < -0.39 is 10.0 Å². The Labute approximate surface area is 127 Å². The molecule has 5 nitrogen and oxygen atoms in total. The van der Waals surface area contributed by atoms with Gasteiger partial charge in [-0.3, -0.25) is 0 Å². The number of halogens is 1. The predicted molar refractivity (Wildman–Crippen MR) is 79.6 cm³/mol. The lowest BCUT2D eigenvalue weighted by Gasteiger charge is -2.14. The molecule has 1 saturated heterocycles. The molecule has 20 heavy (non-hydrogen) atoms. The molecule has 1 aliphatic heterocycles. The normalized spacial score (nSPS) is 19.2. The average Bonchev–Trinajstić information content (AvgIpc) is 2.92. The van der Waals surface area contributed by atoms with Gasteiger partial charge in [-0.15, -0.1) is 0 Å². The van der Waals surface area contributed by atoms with E-state index in [-0.39, 0.29) is 17.5 Å². The van der Waals surface area contributed by atoms with E-state index in [1.807, 2.05) is 6.92 Å². The summed E-state index contributed by atoms with van der Waals surface area (Å²) < 4.78 is 38.6. The van der Waals surface area contributed by atoms with Gasteiger partial charge >= 0.3 is 0 Å². The Bertz CT molecular complexity index is 582. The number of hydrogen-bond acceptors (Lipinski definition) is 4. The van der Waals surface area contributed by atoms with Crippen molar-refractivity contribution in [3.8, 4) is 5.75 Å². The van der Waals surface area contributed by atoms with E-state index in [9.17, 15) is 8.42 Å². The average molecular weight is 364 g/mol. The van der Waals surface area contributed by atoms with Crippen molar-refractivity contribution >= 4 is 26.0 Å². The van der Waals surface area contributed by atoms with Gasteiger partial charge in [0.25, 0.3) is 0 Å². The third kappa shape index (κ3) is 3.52. The van der Waals surface area contributed by atoms with Gasteiger partial charge in [-0.05, 0) is 37.5 Å². The van der Waals surface area contributed by atoms with Gasteiger partial charge < -0.3 is 9.47 Å². The zero-order chi connectivity index (χ0) is 14.8. The van der Waals surface area contributed by atoms with Gasteiger partial charge in [-0.2, -0.15) is 0 Å². The second-order valence-electron chi connectivity index (χ2n) is 4.74. The molecule has 0 unspecified atom stereocenters. The summed E-state index contributed by atoms with van der Waals surface area (Å²) in [4.78, 5) is 0.135. The molecule has 2 rings (SSSR count). The van der Waals surface area contributed by atoms with Crippen LogP contribution in [0.5, 0.6) is 5.75 Å². The van der Waals surface area contributed by atoms with Crippen LogP contribution in [0.15, 0.2) is 21.5 Å². The molecule has 1 fully saturated rings. The standard InChI is InChI=1S/C13H18BrNO4S/c1-9-6-12(18-2)13(7-11(9)14)20(16,17)15-8-10-4-3-5-19-10/h6-7,10,15H,3-5,8H2,1-2H3/t10-/m0/s1. The van der Waals surface area contributed by atoms with Crippen LogP contribution in [0.3, 0.4) is 0 Å². The summed E-state index contributed by atoms with van der Waals surface area (Å²) in [7, 11) is -2.15. The third-order valence-electron chi connectivity index (χ3n) is 3.26. The summed E-state index contributed by atoms with van der Waals surface area (Å²) in [6.45, 7) is 2.87. The summed E-state index contributed by atoms with van der Waals surface area (Å²) in [6.07, 6.45) is 1.83. The highest BCUT2D eigenvalue weighted by Crippen LogP contribution is 2.30. The Hall–Kier alpha value is -0.630. The fraction of sp³-hybridized carbons (Fsp3) is 0.538. The van der Waals surface area contributed by atoms with E-state index in [1.54, 1.807) is 12.1 Å². The van der Waals surface area contributed by atoms with Crippen LogP contribution in [0.1, 0.15) is 18.4 Å². The molecule has 112 valence electrons. The number of hydrogen-bond donors (Lipinski definition) is 1. The van der Waals surface area contributed by atoms with E-state index in [2.05, 4.69) is 20.7 Å². The van der Waals surface area contributed by atoms with Crippen LogP contribution in [0.4, 0.5) is 0 Å². The van der Waals surface area contributed by atoms with Crippen molar-refractivity contribution in [3.63, 3.8) is 0 Å². The molecule has 0 bridgehead atoms. The minimum Gasteiger partial charge on any atom is -0.495 e. The van der Waals surface area contributed by atoms with Gasteiger partial charge in [-0.25, -0.2) is 13.1 Å². The minimum atomic E-state index is -3.61. The molecule has 1 heterocycles. The predicted octanol–water partition coefficient (Wildman–Crippen LogP) is 2.22. The number of rotatable bonds is 5. The number of nitrogens with one attached hydrogen (secondary N) is 1. The number of methoxy groups -OCH3 is 1. The van der Waals surface area contributed by atoms with Gasteiger partial charge in [0.05, 0.1) is 13.2 Å². The largest absolute Gasteiger partial charge is 0.495 e. The van der Waals surface area contributed by atoms with Crippen LogP contribution in [0.25, 0.3) is 0 Å². The Kier molecular flexibility index (Phi) is 5.06. The molecule has 0 aromatic heterocycles. The summed E-state index contributed by atoms with van der Waals surface area (Å²) in [5.41, 5.74) is 0.917. The number of sulfonamides is 1. The van der Waals surface area contributed by atoms with Gasteiger partial charge in [0.15, 0.2) is 0 Å². The van der Waals surface area contributed by atoms with E-state index in [1.165, 1.54) is 7.11 Å². The van der Waals surface area contributed by atoms with E-state index in [0.29, 0.717) is 12.4 Å². The van der Waals surface area contributed by atoms with Crippen LogP contribution < -0.4 is 9.46 Å². The Morgan fingerprint density at radius 3 is 2.85 bits per heavy atom. The number of benzene rings is 1. The summed E-state index contributed by atoms with van der Waals surface area (Å²) in [5, 5.41) is 0. The molecule has 0 radical (unpaired) electrons. The van der Waals surface area contributed by atoms with E-state index in [4.69, 9.17) is 9.47 Å². The molecule has 1 atom stereocenters. The van der Waals surface area contributed by atoms with E-state index >= 15 is 0 Å². The quantitative estimate of drug-likeness (QED) is 0.870.